The van der Waals surface area contributed by atoms with Crippen molar-refractivity contribution in [3.05, 3.63) is 47.4 Å². The Balaban J connectivity index is 1.59. The van der Waals surface area contributed by atoms with Gasteiger partial charge in [-0.15, -0.1) is 23.4 Å². The first-order chi connectivity index (χ1) is 13.3. The topological polar surface area (TPSA) is 70.1 Å². The second-order valence-corrected chi connectivity index (χ2v) is 7.03. The summed E-state index contributed by atoms with van der Waals surface area (Å²) in [7, 11) is 0. The lowest BCUT2D eigenvalue weighted by atomic mass is 10.1. The summed E-state index contributed by atoms with van der Waals surface area (Å²) in [6.07, 6.45) is -4.33. The molecule has 3 aromatic heterocycles. The van der Waals surface area contributed by atoms with Crippen molar-refractivity contribution >= 4 is 16.3 Å². The summed E-state index contributed by atoms with van der Waals surface area (Å²) < 4.78 is 44.2. The molecule has 0 bridgehead atoms. The van der Waals surface area contributed by atoms with Crippen LogP contribution in [0.25, 0.3) is 15.7 Å². The van der Waals surface area contributed by atoms with Gasteiger partial charge in [0.2, 0.25) is 4.96 Å². The van der Waals surface area contributed by atoms with Gasteiger partial charge in [0.25, 0.3) is 0 Å². The Bertz CT molecular complexity index is 1110. The van der Waals surface area contributed by atoms with Gasteiger partial charge in [-0.25, -0.2) is 0 Å². The van der Waals surface area contributed by atoms with E-state index in [1.54, 1.807) is 16.6 Å². The highest BCUT2D eigenvalue weighted by molar-refractivity contribution is 7.19. The van der Waals surface area contributed by atoms with E-state index in [9.17, 15) is 13.2 Å². The first-order valence-electron chi connectivity index (χ1n) is 8.43. The molecule has 4 rings (SSSR count). The molecule has 146 valence electrons. The van der Waals surface area contributed by atoms with Gasteiger partial charge in [0.05, 0.1) is 11.4 Å². The van der Waals surface area contributed by atoms with E-state index in [0.29, 0.717) is 17.2 Å². The van der Waals surface area contributed by atoms with Crippen LogP contribution in [0.3, 0.4) is 0 Å². The number of hydrogen-bond acceptors (Lipinski definition) is 6. The van der Waals surface area contributed by atoms with E-state index in [1.807, 2.05) is 24.6 Å². The fourth-order valence-electron chi connectivity index (χ4n) is 2.82. The first-order valence-corrected chi connectivity index (χ1v) is 9.24. The highest BCUT2D eigenvalue weighted by Crippen LogP contribution is 2.27. The summed E-state index contributed by atoms with van der Waals surface area (Å²) in [5, 5.41) is 18.1. The minimum absolute atomic E-state index is 0.262. The maximum absolute atomic E-state index is 12.3. The summed E-state index contributed by atoms with van der Waals surface area (Å²) in [6, 6.07) is 7.64. The zero-order valence-corrected chi connectivity index (χ0v) is 15.8. The van der Waals surface area contributed by atoms with Crippen molar-refractivity contribution in [2.24, 2.45) is 0 Å². The quantitative estimate of drug-likeness (QED) is 0.501. The number of nitrogens with zero attached hydrogens (tertiary/aromatic N) is 6. The normalized spacial score (nSPS) is 12.0. The van der Waals surface area contributed by atoms with Crippen LogP contribution in [0, 0.1) is 6.92 Å². The molecule has 1 aromatic carbocycles. The summed E-state index contributed by atoms with van der Waals surface area (Å²) in [6.45, 7) is 4.66. The molecule has 0 aliphatic rings. The molecule has 0 N–H and O–H groups in total. The number of alkyl halides is 3. The van der Waals surface area contributed by atoms with Crippen LogP contribution in [0.4, 0.5) is 13.2 Å². The molecule has 0 saturated carbocycles. The lowest BCUT2D eigenvalue weighted by Gasteiger charge is -2.08. The summed E-state index contributed by atoms with van der Waals surface area (Å²) in [5.41, 5.74) is 2.59. The third kappa shape index (κ3) is 3.70. The number of hydrogen-bond donors (Lipinski definition) is 0. The molecule has 0 atom stereocenters. The van der Waals surface area contributed by atoms with E-state index in [4.69, 9.17) is 0 Å². The monoisotopic (exact) mass is 408 g/mol. The van der Waals surface area contributed by atoms with Crippen molar-refractivity contribution < 1.29 is 17.9 Å². The minimum Gasteiger partial charge on any atom is -0.406 e. The molecule has 0 spiro atoms. The Morgan fingerprint density at radius 3 is 2.54 bits per heavy atom. The van der Waals surface area contributed by atoms with Crippen LogP contribution >= 0.6 is 11.3 Å². The zero-order chi connectivity index (χ0) is 19.9. The first kappa shape index (κ1) is 18.4. The Kier molecular flexibility index (Phi) is 4.53. The van der Waals surface area contributed by atoms with Crippen molar-refractivity contribution in [3.63, 3.8) is 0 Å². The number of halogens is 3. The van der Waals surface area contributed by atoms with Crippen LogP contribution in [-0.4, -0.2) is 36.0 Å². The number of aryl methyl sites for hydroxylation is 2. The van der Waals surface area contributed by atoms with Crippen LogP contribution in [0.15, 0.2) is 30.3 Å². The summed E-state index contributed by atoms with van der Waals surface area (Å²) >= 11 is 1.41. The summed E-state index contributed by atoms with van der Waals surface area (Å²) in [4.78, 5) is 0.642. The Morgan fingerprint density at radius 1 is 1.11 bits per heavy atom. The van der Waals surface area contributed by atoms with Crippen LogP contribution in [-0.2, 0) is 13.0 Å². The van der Waals surface area contributed by atoms with Crippen LogP contribution < -0.4 is 4.74 Å². The van der Waals surface area contributed by atoms with Gasteiger partial charge in [0, 0.05) is 13.0 Å². The lowest BCUT2D eigenvalue weighted by Crippen LogP contribution is -2.17. The maximum atomic E-state index is 12.3. The Morgan fingerprint density at radius 2 is 1.86 bits per heavy atom. The molecule has 0 aliphatic heterocycles. The third-order valence-corrected chi connectivity index (χ3v) is 4.92. The fourth-order valence-corrected chi connectivity index (χ4v) is 3.70. The van der Waals surface area contributed by atoms with Crippen LogP contribution in [0.5, 0.6) is 5.75 Å². The van der Waals surface area contributed by atoms with Gasteiger partial charge in [-0.2, -0.15) is 14.7 Å². The number of ether oxygens (including phenoxy) is 1. The van der Waals surface area contributed by atoms with Crippen molar-refractivity contribution in [1.29, 1.82) is 0 Å². The van der Waals surface area contributed by atoms with Gasteiger partial charge in [-0.05, 0) is 37.6 Å². The number of fused-ring (bicyclic) bond motifs is 1. The van der Waals surface area contributed by atoms with Crippen molar-refractivity contribution in [2.45, 2.75) is 33.2 Å². The Hall–Kier alpha value is -2.95. The number of aromatic nitrogens is 6. The number of benzene rings is 1. The molecule has 3 heterocycles. The average molecular weight is 408 g/mol. The Labute approximate surface area is 161 Å². The van der Waals surface area contributed by atoms with E-state index in [1.165, 1.54) is 23.5 Å². The SMILES string of the molecule is CCn1nc(C)cc1-c1nn2c(Cc3ccc(OC(F)(F)F)cc3)nnc2s1. The largest absolute Gasteiger partial charge is 0.573 e. The second kappa shape index (κ2) is 6.89. The van der Waals surface area contributed by atoms with Crippen LogP contribution in [0.1, 0.15) is 24.0 Å². The van der Waals surface area contributed by atoms with E-state index in [2.05, 4.69) is 25.1 Å². The molecule has 4 aromatic rings. The summed E-state index contributed by atoms with van der Waals surface area (Å²) in [5.74, 6) is 0.336. The average Bonchev–Trinajstić information content (AvgIpc) is 3.30. The maximum Gasteiger partial charge on any atom is 0.573 e. The van der Waals surface area contributed by atoms with Crippen molar-refractivity contribution in [2.75, 3.05) is 0 Å². The van der Waals surface area contributed by atoms with Crippen molar-refractivity contribution in [3.8, 4) is 16.5 Å². The van der Waals surface area contributed by atoms with E-state index in [-0.39, 0.29) is 5.75 Å². The highest BCUT2D eigenvalue weighted by Gasteiger charge is 2.31. The lowest BCUT2D eigenvalue weighted by molar-refractivity contribution is -0.274. The minimum atomic E-state index is -4.71. The van der Waals surface area contributed by atoms with Crippen molar-refractivity contribution in [1.82, 2.24) is 29.6 Å². The molecule has 0 fully saturated rings. The van der Waals surface area contributed by atoms with Gasteiger partial charge in [0.1, 0.15) is 5.75 Å². The molecule has 0 saturated heterocycles. The van der Waals surface area contributed by atoms with E-state index in [0.717, 1.165) is 28.5 Å². The molecule has 11 heteroatoms. The molecule has 28 heavy (non-hydrogen) atoms. The molecular weight excluding hydrogens is 393 g/mol. The standard InChI is InChI=1S/C17H15F3N6OS/c1-3-25-13(8-10(2)23-25)15-24-26-14(21-22-16(26)28-15)9-11-4-6-12(7-5-11)27-17(18,19)20/h4-8H,3,9H2,1-2H3. The van der Waals surface area contributed by atoms with Gasteiger partial charge in [0.15, 0.2) is 10.8 Å². The highest BCUT2D eigenvalue weighted by atomic mass is 32.1. The van der Waals surface area contributed by atoms with E-state index < -0.39 is 6.36 Å². The predicted octanol–water partition coefficient (Wildman–Crippen LogP) is 3.87. The molecule has 0 aliphatic carbocycles. The molecule has 0 unspecified atom stereocenters. The molecule has 0 amide bonds. The smallest absolute Gasteiger partial charge is 0.406 e. The fraction of sp³-hybridized carbons (Fsp3) is 0.294. The number of rotatable bonds is 5. The molecular formula is C17H15F3N6OS. The zero-order valence-electron chi connectivity index (χ0n) is 14.9. The predicted molar refractivity (Wildman–Crippen MR) is 96.2 cm³/mol. The molecule has 0 radical (unpaired) electrons. The third-order valence-electron chi connectivity index (χ3n) is 4.00. The van der Waals surface area contributed by atoms with Gasteiger partial charge in [-0.1, -0.05) is 23.5 Å². The van der Waals surface area contributed by atoms with Gasteiger partial charge in [-0.3, -0.25) is 4.68 Å². The van der Waals surface area contributed by atoms with Gasteiger partial charge >= 0.3 is 6.36 Å². The van der Waals surface area contributed by atoms with Gasteiger partial charge < -0.3 is 4.74 Å². The van der Waals surface area contributed by atoms with Crippen LogP contribution in [0.2, 0.25) is 0 Å². The van der Waals surface area contributed by atoms with E-state index >= 15 is 0 Å². The molecule has 7 nitrogen and oxygen atoms in total. The second-order valence-electron chi connectivity index (χ2n) is 6.07.